The molecule has 0 unspecified atom stereocenters. The highest BCUT2D eigenvalue weighted by molar-refractivity contribution is 5.74. The van der Waals surface area contributed by atoms with Gasteiger partial charge in [0.15, 0.2) is 0 Å². The maximum atomic E-state index is 12.1. The fraction of sp³-hybridized carbons (Fsp3) is 0.923. The molecule has 1 rings (SSSR count). The molecule has 0 aromatic carbocycles. The third-order valence-corrected chi connectivity index (χ3v) is 3.19. The SMILES string of the molecule is CC(C)CN(CCCN)C(=O)NC1CCCC1. The molecule has 0 heterocycles. The molecule has 0 atom stereocenters. The first-order valence-corrected chi connectivity index (χ1v) is 6.89. The van der Waals surface area contributed by atoms with Crippen LogP contribution in [-0.4, -0.2) is 36.6 Å². The molecule has 3 N–H and O–H groups in total. The van der Waals surface area contributed by atoms with E-state index in [4.69, 9.17) is 5.73 Å². The van der Waals surface area contributed by atoms with Crippen molar-refractivity contribution in [2.45, 2.75) is 52.0 Å². The minimum Gasteiger partial charge on any atom is -0.335 e. The Hall–Kier alpha value is -0.770. The van der Waals surface area contributed by atoms with Gasteiger partial charge in [-0.25, -0.2) is 4.79 Å². The van der Waals surface area contributed by atoms with E-state index in [-0.39, 0.29) is 6.03 Å². The number of nitrogens with one attached hydrogen (secondary N) is 1. The van der Waals surface area contributed by atoms with Gasteiger partial charge in [-0.15, -0.1) is 0 Å². The molecule has 1 aliphatic carbocycles. The number of rotatable bonds is 6. The molecule has 17 heavy (non-hydrogen) atoms. The van der Waals surface area contributed by atoms with Crippen LogP contribution < -0.4 is 11.1 Å². The van der Waals surface area contributed by atoms with Crippen molar-refractivity contribution in [1.29, 1.82) is 0 Å². The second-order valence-corrected chi connectivity index (χ2v) is 5.41. The standard InChI is InChI=1S/C13H27N3O/c1-11(2)10-16(9-5-8-14)13(17)15-12-6-3-4-7-12/h11-12H,3-10,14H2,1-2H3,(H,15,17). The molecule has 1 fully saturated rings. The Labute approximate surface area is 105 Å². The van der Waals surface area contributed by atoms with Crippen LogP contribution in [0.25, 0.3) is 0 Å². The van der Waals surface area contributed by atoms with Crippen molar-refractivity contribution in [3.8, 4) is 0 Å². The van der Waals surface area contributed by atoms with E-state index in [2.05, 4.69) is 19.2 Å². The normalized spacial score (nSPS) is 16.5. The molecule has 4 heteroatoms. The van der Waals surface area contributed by atoms with Gasteiger partial charge in [-0.05, 0) is 31.7 Å². The van der Waals surface area contributed by atoms with E-state index in [1.165, 1.54) is 12.8 Å². The molecular formula is C13H27N3O. The Morgan fingerprint density at radius 3 is 2.59 bits per heavy atom. The lowest BCUT2D eigenvalue weighted by Gasteiger charge is -2.26. The summed E-state index contributed by atoms with van der Waals surface area (Å²) in [5.74, 6) is 0.502. The molecular weight excluding hydrogens is 214 g/mol. The molecule has 0 radical (unpaired) electrons. The summed E-state index contributed by atoms with van der Waals surface area (Å²) in [7, 11) is 0. The molecule has 0 spiro atoms. The highest BCUT2D eigenvalue weighted by atomic mass is 16.2. The second-order valence-electron chi connectivity index (χ2n) is 5.41. The van der Waals surface area contributed by atoms with E-state index >= 15 is 0 Å². The van der Waals surface area contributed by atoms with Crippen LogP contribution in [0.5, 0.6) is 0 Å². The molecule has 0 aromatic heterocycles. The van der Waals surface area contributed by atoms with E-state index in [1.54, 1.807) is 0 Å². The highest BCUT2D eigenvalue weighted by Crippen LogP contribution is 2.18. The fourth-order valence-corrected chi connectivity index (χ4v) is 2.33. The molecule has 2 amide bonds. The molecule has 4 nitrogen and oxygen atoms in total. The van der Waals surface area contributed by atoms with Crippen LogP contribution in [0.3, 0.4) is 0 Å². The number of hydrogen-bond acceptors (Lipinski definition) is 2. The zero-order valence-electron chi connectivity index (χ0n) is 11.2. The number of hydrogen-bond donors (Lipinski definition) is 2. The van der Waals surface area contributed by atoms with Gasteiger partial charge in [-0.3, -0.25) is 0 Å². The van der Waals surface area contributed by atoms with E-state index in [0.29, 0.717) is 18.5 Å². The third kappa shape index (κ3) is 5.39. The molecule has 1 aliphatic rings. The van der Waals surface area contributed by atoms with E-state index in [9.17, 15) is 4.79 Å². The molecule has 0 bridgehead atoms. The monoisotopic (exact) mass is 241 g/mol. The number of nitrogens with two attached hydrogens (primary N) is 1. The average molecular weight is 241 g/mol. The van der Waals surface area contributed by atoms with Crippen molar-refractivity contribution in [3.63, 3.8) is 0 Å². The van der Waals surface area contributed by atoms with E-state index in [1.807, 2.05) is 4.90 Å². The predicted molar refractivity (Wildman–Crippen MR) is 70.9 cm³/mol. The molecule has 0 aliphatic heterocycles. The summed E-state index contributed by atoms with van der Waals surface area (Å²) in [4.78, 5) is 14.0. The fourth-order valence-electron chi connectivity index (χ4n) is 2.33. The second kappa shape index (κ2) is 7.54. The number of carbonyl (C=O) groups is 1. The maximum Gasteiger partial charge on any atom is 0.317 e. The number of urea groups is 1. The first-order valence-electron chi connectivity index (χ1n) is 6.89. The van der Waals surface area contributed by atoms with Crippen LogP contribution in [0.4, 0.5) is 4.79 Å². The van der Waals surface area contributed by atoms with Gasteiger partial charge in [-0.2, -0.15) is 0 Å². The van der Waals surface area contributed by atoms with Crippen molar-refractivity contribution in [1.82, 2.24) is 10.2 Å². The molecule has 100 valence electrons. The van der Waals surface area contributed by atoms with Crippen molar-refractivity contribution >= 4 is 6.03 Å². The lowest BCUT2D eigenvalue weighted by molar-refractivity contribution is 0.186. The van der Waals surface area contributed by atoms with Gasteiger partial charge >= 0.3 is 6.03 Å². The lowest BCUT2D eigenvalue weighted by Crippen LogP contribution is -2.46. The Kier molecular flexibility index (Phi) is 6.34. The lowest BCUT2D eigenvalue weighted by atomic mass is 10.2. The average Bonchev–Trinajstić information content (AvgIpc) is 2.76. The minimum absolute atomic E-state index is 0.0963. The largest absolute Gasteiger partial charge is 0.335 e. The van der Waals surface area contributed by atoms with Crippen molar-refractivity contribution in [3.05, 3.63) is 0 Å². The molecule has 1 saturated carbocycles. The number of nitrogens with zero attached hydrogens (tertiary/aromatic N) is 1. The van der Waals surface area contributed by atoms with Gasteiger partial charge in [0.2, 0.25) is 0 Å². The van der Waals surface area contributed by atoms with Crippen molar-refractivity contribution in [2.75, 3.05) is 19.6 Å². The first-order chi connectivity index (χ1) is 8.13. The zero-order chi connectivity index (χ0) is 12.7. The van der Waals surface area contributed by atoms with Crippen LogP contribution in [0.2, 0.25) is 0 Å². The van der Waals surface area contributed by atoms with Crippen LogP contribution in [-0.2, 0) is 0 Å². The predicted octanol–water partition coefficient (Wildman–Crippen LogP) is 1.95. The summed E-state index contributed by atoms with van der Waals surface area (Å²) < 4.78 is 0. The van der Waals surface area contributed by atoms with E-state index in [0.717, 1.165) is 32.4 Å². The Bertz CT molecular complexity index is 225. The van der Waals surface area contributed by atoms with Crippen LogP contribution in [0.1, 0.15) is 46.0 Å². The topological polar surface area (TPSA) is 58.4 Å². The summed E-state index contributed by atoms with van der Waals surface area (Å²) in [5, 5.41) is 3.14. The summed E-state index contributed by atoms with van der Waals surface area (Å²) in [6, 6.07) is 0.495. The maximum absolute atomic E-state index is 12.1. The molecule has 0 aromatic rings. The Balaban J connectivity index is 2.39. The van der Waals surface area contributed by atoms with Crippen LogP contribution in [0.15, 0.2) is 0 Å². The van der Waals surface area contributed by atoms with Crippen LogP contribution >= 0.6 is 0 Å². The Morgan fingerprint density at radius 1 is 1.41 bits per heavy atom. The first kappa shape index (κ1) is 14.3. The van der Waals surface area contributed by atoms with Gasteiger partial charge in [0.05, 0.1) is 0 Å². The number of amides is 2. The summed E-state index contributed by atoms with van der Waals surface area (Å²) in [5.41, 5.74) is 5.51. The van der Waals surface area contributed by atoms with Gasteiger partial charge < -0.3 is 16.0 Å². The van der Waals surface area contributed by atoms with Crippen molar-refractivity contribution in [2.24, 2.45) is 11.7 Å². The van der Waals surface area contributed by atoms with E-state index < -0.39 is 0 Å². The van der Waals surface area contributed by atoms with Gasteiger partial charge in [0.1, 0.15) is 0 Å². The van der Waals surface area contributed by atoms with Gasteiger partial charge in [-0.1, -0.05) is 26.7 Å². The summed E-state index contributed by atoms with van der Waals surface area (Å²) in [6.07, 6.45) is 5.65. The Morgan fingerprint density at radius 2 is 2.06 bits per heavy atom. The molecule has 0 saturated heterocycles. The van der Waals surface area contributed by atoms with Crippen molar-refractivity contribution < 1.29 is 4.79 Å². The highest BCUT2D eigenvalue weighted by Gasteiger charge is 2.20. The van der Waals surface area contributed by atoms with Gasteiger partial charge in [0, 0.05) is 19.1 Å². The number of carbonyl (C=O) groups excluding carboxylic acids is 1. The quantitative estimate of drug-likeness (QED) is 0.746. The summed E-state index contributed by atoms with van der Waals surface area (Å²) in [6.45, 7) is 6.51. The summed E-state index contributed by atoms with van der Waals surface area (Å²) >= 11 is 0. The van der Waals surface area contributed by atoms with Crippen LogP contribution in [0, 0.1) is 5.92 Å². The smallest absolute Gasteiger partial charge is 0.317 e. The van der Waals surface area contributed by atoms with Gasteiger partial charge in [0.25, 0.3) is 0 Å². The third-order valence-electron chi connectivity index (χ3n) is 3.19. The zero-order valence-corrected chi connectivity index (χ0v) is 11.2. The minimum atomic E-state index is 0.0963.